The highest BCUT2D eigenvalue weighted by atomic mass is 32.2. The number of nitrogens with zero attached hydrogens (tertiary/aromatic N) is 4. The van der Waals surface area contributed by atoms with Crippen molar-refractivity contribution in [2.75, 3.05) is 12.9 Å². The van der Waals surface area contributed by atoms with Gasteiger partial charge in [-0.25, -0.2) is 24.3 Å². The van der Waals surface area contributed by atoms with Crippen LogP contribution in [0.2, 0.25) is 0 Å². The first-order valence-corrected chi connectivity index (χ1v) is 10.5. The third-order valence-corrected chi connectivity index (χ3v) is 5.02. The molecule has 0 aromatic heterocycles. The fourth-order valence-corrected chi connectivity index (χ4v) is 3.38. The van der Waals surface area contributed by atoms with Crippen molar-refractivity contribution >= 4 is 21.5 Å². The molecule has 1 heterocycles. The van der Waals surface area contributed by atoms with E-state index in [0.29, 0.717) is 10.6 Å². The van der Waals surface area contributed by atoms with Crippen LogP contribution in [0, 0.1) is 28.4 Å². The van der Waals surface area contributed by atoms with Crippen LogP contribution in [0.25, 0.3) is 0 Å². The number of aryl methyl sites for hydroxylation is 1. The Morgan fingerprint density at radius 3 is 2.67 bits per heavy atom. The number of aliphatic imine (C=N–C) groups is 1. The summed E-state index contributed by atoms with van der Waals surface area (Å²) < 4.78 is 34.7. The quantitative estimate of drug-likeness (QED) is 0.275. The Labute approximate surface area is 172 Å². The van der Waals surface area contributed by atoms with Crippen molar-refractivity contribution in [1.29, 1.82) is 5.26 Å². The number of carbonyl (C=O) groups is 1. The van der Waals surface area contributed by atoms with Gasteiger partial charge in [-0.1, -0.05) is 6.07 Å². The van der Waals surface area contributed by atoms with Crippen molar-refractivity contribution < 1.29 is 27.6 Å². The molecule has 13 heteroatoms. The third-order valence-electron chi connectivity index (χ3n) is 3.92. The van der Waals surface area contributed by atoms with E-state index in [1.165, 1.54) is 12.1 Å². The molecule has 0 saturated heterocycles. The monoisotopic (exact) mass is 437 g/mol. The molecule has 0 amide bonds. The Hall–Kier alpha value is -3.50. The molecule has 1 aliphatic rings. The van der Waals surface area contributed by atoms with Crippen LogP contribution < -0.4 is 10.6 Å². The second-order valence-corrected chi connectivity index (χ2v) is 8.31. The number of ether oxygens (including phenoxy) is 2. The fourth-order valence-electron chi connectivity index (χ4n) is 2.55. The zero-order chi connectivity index (χ0) is 22.6. The number of nitriles is 1. The molecule has 160 valence electrons. The molecule has 0 spiro atoms. The SMILES string of the molecule is CCOC(=O)CC1=NC(S(C)(=O)=O)N(N)C(Oc2cc(C#N)ccc2C)=C1[N+](=O)[O-]. The van der Waals surface area contributed by atoms with Gasteiger partial charge in [0.15, 0.2) is 9.84 Å². The molecule has 12 nitrogen and oxygen atoms in total. The van der Waals surface area contributed by atoms with Crippen molar-refractivity contribution in [2.24, 2.45) is 10.8 Å². The smallest absolute Gasteiger partial charge is 0.352 e. The topological polar surface area (TPSA) is 178 Å². The maximum atomic E-state index is 12.2. The van der Waals surface area contributed by atoms with Crippen LogP contribution in [0.15, 0.2) is 34.8 Å². The highest BCUT2D eigenvalue weighted by Gasteiger charge is 2.43. The van der Waals surface area contributed by atoms with E-state index < -0.39 is 49.9 Å². The summed E-state index contributed by atoms with van der Waals surface area (Å²) in [6.45, 7) is 3.19. The number of nitrogens with two attached hydrogens (primary N) is 1. The summed E-state index contributed by atoms with van der Waals surface area (Å²) in [7, 11) is -3.98. The van der Waals surface area contributed by atoms with E-state index >= 15 is 0 Å². The molecule has 2 N–H and O–H groups in total. The molecule has 1 unspecified atom stereocenters. The predicted octanol–water partition coefficient (Wildman–Crippen LogP) is 0.603. The summed E-state index contributed by atoms with van der Waals surface area (Å²) in [5.41, 5.74) is -2.30. The van der Waals surface area contributed by atoms with Gasteiger partial charge < -0.3 is 9.47 Å². The predicted molar refractivity (Wildman–Crippen MR) is 104 cm³/mol. The van der Waals surface area contributed by atoms with Gasteiger partial charge in [0.05, 0.1) is 29.6 Å². The molecule has 0 fully saturated rings. The molecule has 0 radical (unpaired) electrons. The third kappa shape index (κ3) is 4.91. The minimum absolute atomic E-state index is 0.0195. The fraction of sp³-hybridized carbons (Fsp3) is 0.353. The minimum atomic E-state index is -3.98. The van der Waals surface area contributed by atoms with Crippen LogP contribution in [-0.2, 0) is 19.4 Å². The van der Waals surface area contributed by atoms with Crippen LogP contribution in [0.1, 0.15) is 24.5 Å². The van der Waals surface area contributed by atoms with Crippen molar-refractivity contribution in [3.05, 3.63) is 51.0 Å². The molecule has 0 aliphatic carbocycles. The molecule has 2 rings (SSSR count). The van der Waals surface area contributed by atoms with Gasteiger partial charge >= 0.3 is 11.7 Å². The summed E-state index contributed by atoms with van der Waals surface area (Å²) >= 11 is 0. The first kappa shape index (κ1) is 22.8. The van der Waals surface area contributed by atoms with E-state index in [9.17, 15) is 23.3 Å². The molecule has 0 saturated carbocycles. The Morgan fingerprint density at radius 2 is 2.13 bits per heavy atom. The summed E-state index contributed by atoms with van der Waals surface area (Å²) in [4.78, 5) is 26.6. The number of nitro groups is 1. The maximum Gasteiger partial charge on any atom is 0.352 e. The minimum Gasteiger partial charge on any atom is -0.466 e. The van der Waals surface area contributed by atoms with Gasteiger partial charge in [-0.3, -0.25) is 14.9 Å². The number of sulfone groups is 1. The highest BCUT2D eigenvalue weighted by molar-refractivity contribution is 7.91. The lowest BCUT2D eigenvalue weighted by atomic mass is 10.1. The Kier molecular flexibility index (Phi) is 6.75. The number of hydrogen-bond acceptors (Lipinski definition) is 11. The Bertz CT molecular complexity index is 1090. The van der Waals surface area contributed by atoms with E-state index in [1.807, 2.05) is 6.07 Å². The van der Waals surface area contributed by atoms with Crippen LogP contribution in [0.3, 0.4) is 0 Å². The lowest BCUT2D eigenvalue weighted by molar-refractivity contribution is -0.419. The van der Waals surface area contributed by atoms with Gasteiger partial charge in [-0.2, -0.15) is 5.26 Å². The van der Waals surface area contributed by atoms with Crippen LogP contribution >= 0.6 is 0 Å². The Balaban J connectivity index is 2.66. The van der Waals surface area contributed by atoms with E-state index in [1.54, 1.807) is 19.9 Å². The zero-order valence-electron chi connectivity index (χ0n) is 16.4. The standard InChI is InChI=1S/C17H19N5O7S/c1-4-28-14(23)8-12-15(22(24)25)16(21(19)17(20-12)30(3,26)27)29-13-7-11(9-18)6-5-10(13)2/h5-7,17H,4,8,19H2,1-3H3. The van der Waals surface area contributed by atoms with Crippen LogP contribution in [-0.4, -0.2) is 48.4 Å². The van der Waals surface area contributed by atoms with Gasteiger partial charge in [0.1, 0.15) is 11.5 Å². The molecule has 1 aromatic rings. The Morgan fingerprint density at radius 1 is 1.47 bits per heavy atom. The average molecular weight is 437 g/mol. The molecule has 30 heavy (non-hydrogen) atoms. The summed E-state index contributed by atoms with van der Waals surface area (Å²) in [5.74, 6) is 4.41. The number of benzene rings is 1. The van der Waals surface area contributed by atoms with Gasteiger partial charge in [0, 0.05) is 6.26 Å². The van der Waals surface area contributed by atoms with Crippen molar-refractivity contribution in [3.8, 4) is 11.8 Å². The van der Waals surface area contributed by atoms with Crippen molar-refractivity contribution in [3.63, 3.8) is 0 Å². The van der Waals surface area contributed by atoms with E-state index in [-0.39, 0.29) is 17.9 Å². The van der Waals surface area contributed by atoms with E-state index in [0.717, 1.165) is 6.26 Å². The molecular formula is C17H19N5O7S. The number of esters is 1. The van der Waals surface area contributed by atoms with Gasteiger partial charge in [0.25, 0.3) is 5.88 Å². The van der Waals surface area contributed by atoms with Crippen LogP contribution in [0.4, 0.5) is 0 Å². The molecule has 1 atom stereocenters. The largest absolute Gasteiger partial charge is 0.466 e. The normalized spacial score (nSPS) is 16.6. The number of rotatable bonds is 7. The van der Waals surface area contributed by atoms with Crippen LogP contribution in [0.5, 0.6) is 5.75 Å². The highest BCUT2D eigenvalue weighted by Crippen LogP contribution is 2.29. The lowest BCUT2D eigenvalue weighted by Crippen LogP contribution is -2.50. The van der Waals surface area contributed by atoms with E-state index in [2.05, 4.69) is 4.99 Å². The summed E-state index contributed by atoms with van der Waals surface area (Å²) in [6.07, 6.45) is 0.174. The number of hydrazine groups is 1. The molecule has 1 aromatic carbocycles. The molecule has 0 bridgehead atoms. The van der Waals surface area contributed by atoms with Gasteiger partial charge in [-0.15, -0.1) is 0 Å². The first-order chi connectivity index (χ1) is 14.0. The zero-order valence-corrected chi connectivity index (χ0v) is 17.2. The second-order valence-electron chi connectivity index (χ2n) is 6.23. The summed E-state index contributed by atoms with van der Waals surface area (Å²) in [6, 6.07) is 6.28. The number of carbonyl (C=O) groups excluding carboxylic acids is 1. The number of hydrogen-bond donors (Lipinski definition) is 1. The van der Waals surface area contributed by atoms with Gasteiger partial charge in [0.2, 0.25) is 5.50 Å². The van der Waals surface area contributed by atoms with E-state index in [4.69, 9.17) is 20.6 Å². The number of allylic oxidation sites excluding steroid dienone is 1. The second kappa shape index (κ2) is 8.89. The van der Waals surface area contributed by atoms with Crippen molar-refractivity contribution in [2.45, 2.75) is 25.8 Å². The summed E-state index contributed by atoms with van der Waals surface area (Å²) in [5, 5.41) is 21.3. The lowest BCUT2D eigenvalue weighted by Gasteiger charge is -2.30. The van der Waals surface area contributed by atoms with Gasteiger partial charge in [-0.05, 0) is 31.5 Å². The first-order valence-electron chi connectivity index (χ1n) is 8.52. The molecule has 1 aliphatic heterocycles. The van der Waals surface area contributed by atoms with Crippen molar-refractivity contribution in [1.82, 2.24) is 5.01 Å². The maximum absolute atomic E-state index is 12.2. The average Bonchev–Trinajstić information content (AvgIpc) is 2.64. The molecular weight excluding hydrogens is 418 g/mol.